The lowest BCUT2D eigenvalue weighted by Gasteiger charge is -2.22. The van der Waals surface area contributed by atoms with Crippen LogP contribution in [0.2, 0.25) is 0 Å². The van der Waals surface area contributed by atoms with Crippen molar-refractivity contribution in [3.63, 3.8) is 0 Å². The van der Waals surface area contributed by atoms with Crippen molar-refractivity contribution in [3.8, 4) is 17.7 Å². The fraction of sp³-hybridized carbons (Fsp3) is 0.250. The molecule has 96 valence electrons. The molecule has 0 aliphatic carbocycles. The van der Waals surface area contributed by atoms with E-state index in [2.05, 4.69) is 31.8 Å². The summed E-state index contributed by atoms with van der Waals surface area (Å²) in [5.41, 5.74) is 1.64. The Balaban J connectivity index is 2.36. The van der Waals surface area contributed by atoms with Crippen molar-refractivity contribution in [2.75, 3.05) is 0 Å². The molecule has 0 aliphatic heterocycles. The van der Waals surface area contributed by atoms with Crippen LogP contribution in [0.1, 0.15) is 31.9 Å². The first-order chi connectivity index (χ1) is 9.00. The number of pyridine rings is 1. The second-order valence-corrected chi connectivity index (χ2v) is 5.34. The molecule has 1 aromatic carbocycles. The van der Waals surface area contributed by atoms with Gasteiger partial charge in [-0.2, -0.15) is 5.26 Å². The Bertz CT molecular complexity index is 621. The fourth-order valence-corrected chi connectivity index (χ4v) is 1.82. The summed E-state index contributed by atoms with van der Waals surface area (Å²) in [5, 5.41) is 8.88. The first-order valence-corrected chi connectivity index (χ1v) is 6.14. The second-order valence-electron chi connectivity index (χ2n) is 5.34. The highest BCUT2D eigenvalue weighted by Crippen LogP contribution is 2.33. The maximum Gasteiger partial charge on any atom is 0.220 e. The molecule has 2 rings (SSSR count). The summed E-state index contributed by atoms with van der Waals surface area (Å²) >= 11 is 0. The SMILES string of the molecule is CC(C)(C)c1ccccc1Oc1cc(C#N)ccn1. The van der Waals surface area contributed by atoms with Gasteiger partial charge < -0.3 is 4.74 Å². The number of nitrogens with zero attached hydrogens (tertiary/aromatic N) is 2. The number of para-hydroxylation sites is 1. The molecule has 0 atom stereocenters. The molecule has 0 aliphatic rings. The van der Waals surface area contributed by atoms with Gasteiger partial charge in [-0.15, -0.1) is 0 Å². The van der Waals surface area contributed by atoms with E-state index in [0.29, 0.717) is 11.4 Å². The van der Waals surface area contributed by atoms with E-state index in [4.69, 9.17) is 10.00 Å². The highest BCUT2D eigenvalue weighted by Gasteiger charge is 2.18. The molecular weight excluding hydrogens is 236 g/mol. The third-order valence-electron chi connectivity index (χ3n) is 2.77. The minimum absolute atomic E-state index is 0.0105. The van der Waals surface area contributed by atoms with E-state index in [-0.39, 0.29) is 5.41 Å². The standard InChI is InChI=1S/C16H16N2O/c1-16(2,3)13-6-4-5-7-14(13)19-15-10-12(11-17)8-9-18-15/h4-10H,1-3H3. The van der Waals surface area contributed by atoms with E-state index in [1.165, 1.54) is 0 Å². The topological polar surface area (TPSA) is 45.9 Å². The molecule has 0 fully saturated rings. The minimum Gasteiger partial charge on any atom is -0.439 e. The maximum absolute atomic E-state index is 8.88. The Morgan fingerprint density at radius 3 is 2.58 bits per heavy atom. The van der Waals surface area contributed by atoms with Gasteiger partial charge in [0.05, 0.1) is 11.6 Å². The lowest BCUT2D eigenvalue weighted by Crippen LogP contribution is -2.12. The molecule has 1 aromatic heterocycles. The molecule has 0 saturated heterocycles. The van der Waals surface area contributed by atoms with Crippen LogP contribution in [0.25, 0.3) is 0 Å². The number of aromatic nitrogens is 1. The zero-order valence-corrected chi connectivity index (χ0v) is 11.3. The smallest absolute Gasteiger partial charge is 0.220 e. The largest absolute Gasteiger partial charge is 0.439 e. The second kappa shape index (κ2) is 5.11. The summed E-state index contributed by atoms with van der Waals surface area (Å²) in [4.78, 5) is 4.13. The molecule has 3 nitrogen and oxygen atoms in total. The minimum atomic E-state index is -0.0105. The molecule has 0 amide bonds. The van der Waals surface area contributed by atoms with E-state index >= 15 is 0 Å². The van der Waals surface area contributed by atoms with Crippen LogP contribution in [-0.4, -0.2) is 4.98 Å². The van der Waals surface area contributed by atoms with Crippen molar-refractivity contribution >= 4 is 0 Å². The van der Waals surface area contributed by atoms with Crippen LogP contribution >= 0.6 is 0 Å². The number of rotatable bonds is 2. The summed E-state index contributed by atoms with van der Waals surface area (Å²) in [7, 11) is 0. The third-order valence-corrected chi connectivity index (χ3v) is 2.77. The van der Waals surface area contributed by atoms with Gasteiger partial charge in [0.15, 0.2) is 0 Å². The Labute approximate surface area is 113 Å². The van der Waals surface area contributed by atoms with E-state index in [0.717, 1.165) is 11.3 Å². The van der Waals surface area contributed by atoms with Gasteiger partial charge in [0, 0.05) is 17.8 Å². The van der Waals surface area contributed by atoms with E-state index < -0.39 is 0 Å². The van der Waals surface area contributed by atoms with Crippen molar-refractivity contribution in [1.82, 2.24) is 4.98 Å². The summed E-state index contributed by atoms with van der Waals surface area (Å²) in [6.45, 7) is 6.40. The van der Waals surface area contributed by atoms with Gasteiger partial charge in [-0.05, 0) is 17.5 Å². The van der Waals surface area contributed by atoms with Crippen LogP contribution in [0.4, 0.5) is 0 Å². The third kappa shape index (κ3) is 3.11. The normalized spacial score (nSPS) is 10.8. The molecule has 3 heteroatoms. The number of hydrogen-bond donors (Lipinski definition) is 0. The van der Waals surface area contributed by atoms with Gasteiger partial charge in [0.2, 0.25) is 5.88 Å². The zero-order chi connectivity index (χ0) is 13.9. The zero-order valence-electron chi connectivity index (χ0n) is 11.3. The highest BCUT2D eigenvalue weighted by atomic mass is 16.5. The molecule has 19 heavy (non-hydrogen) atoms. The quantitative estimate of drug-likeness (QED) is 0.810. The first-order valence-electron chi connectivity index (χ1n) is 6.14. The van der Waals surface area contributed by atoms with Crippen LogP contribution in [0.15, 0.2) is 42.6 Å². The number of nitriles is 1. The van der Waals surface area contributed by atoms with Crippen LogP contribution < -0.4 is 4.74 Å². The monoisotopic (exact) mass is 252 g/mol. The molecule has 0 unspecified atom stereocenters. The molecule has 0 radical (unpaired) electrons. The predicted molar refractivity (Wildman–Crippen MR) is 74.2 cm³/mol. The number of ether oxygens (including phenoxy) is 1. The maximum atomic E-state index is 8.88. The van der Waals surface area contributed by atoms with Crippen LogP contribution in [-0.2, 0) is 5.41 Å². The highest BCUT2D eigenvalue weighted by molar-refractivity contribution is 5.41. The van der Waals surface area contributed by atoms with Crippen molar-refractivity contribution in [1.29, 1.82) is 5.26 Å². The van der Waals surface area contributed by atoms with Crippen molar-refractivity contribution in [3.05, 3.63) is 53.7 Å². The summed E-state index contributed by atoms with van der Waals surface area (Å²) in [6, 6.07) is 13.3. The fourth-order valence-electron chi connectivity index (χ4n) is 1.82. The van der Waals surface area contributed by atoms with Crippen molar-refractivity contribution in [2.45, 2.75) is 26.2 Å². The molecule has 0 saturated carbocycles. The van der Waals surface area contributed by atoms with E-state index in [1.807, 2.05) is 24.3 Å². The Morgan fingerprint density at radius 2 is 1.89 bits per heavy atom. The van der Waals surface area contributed by atoms with Gasteiger partial charge in [-0.25, -0.2) is 4.98 Å². The van der Waals surface area contributed by atoms with Crippen LogP contribution in [0.5, 0.6) is 11.6 Å². The molecule has 2 aromatic rings. The van der Waals surface area contributed by atoms with Crippen LogP contribution in [0.3, 0.4) is 0 Å². The summed E-state index contributed by atoms with van der Waals surface area (Å²) in [6.07, 6.45) is 1.58. The summed E-state index contributed by atoms with van der Waals surface area (Å²) in [5.74, 6) is 1.22. The molecular formula is C16H16N2O. The van der Waals surface area contributed by atoms with Gasteiger partial charge in [0.25, 0.3) is 0 Å². The van der Waals surface area contributed by atoms with Gasteiger partial charge in [-0.1, -0.05) is 39.0 Å². The number of hydrogen-bond acceptors (Lipinski definition) is 3. The Kier molecular flexibility index (Phi) is 3.52. The molecule has 0 N–H and O–H groups in total. The van der Waals surface area contributed by atoms with Crippen LogP contribution in [0, 0.1) is 11.3 Å². The lowest BCUT2D eigenvalue weighted by atomic mass is 9.86. The van der Waals surface area contributed by atoms with Crippen molar-refractivity contribution < 1.29 is 4.74 Å². The van der Waals surface area contributed by atoms with Gasteiger partial charge >= 0.3 is 0 Å². The predicted octanol–water partition coefficient (Wildman–Crippen LogP) is 4.04. The Hall–Kier alpha value is -2.34. The number of benzene rings is 1. The molecule has 1 heterocycles. The molecule has 0 bridgehead atoms. The Morgan fingerprint density at radius 1 is 1.16 bits per heavy atom. The van der Waals surface area contributed by atoms with Gasteiger partial charge in [0.1, 0.15) is 5.75 Å². The van der Waals surface area contributed by atoms with Crippen molar-refractivity contribution in [2.24, 2.45) is 0 Å². The average molecular weight is 252 g/mol. The van der Waals surface area contributed by atoms with E-state index in [1.54, 1.807) is 18.3 Å². The average Bonchev–Trinajstić information content (AvgIpc) is 2.38. The van der Waals surface area contributed by atoms with E-state index in [9.17, 15) is 0 Å². The first kappa shape index (κ1) is 13.1. The summed E-state index contributed by atoms with van der Waals surface area (Å²) < 4.78 is 5.82. The molecule has 0 spiro atoms. The lowest BCUT2D eigenvalue weighted by molar-refractivity contribution is 0.440. The van der Waals surface area contributed by atoms with Gasteiger partial charge in [-0.3, -0.25) is 0 Å².